The molecule has 0 saturated carbocycles. The highest BCUT2D eigenvalue weighted by molar-refractivity contribution is 7.14. The topological polar surface area (TPSA) is 125 Å². The first kappa shape index (κ1) is 16.4. The molecular weight excluding hydrogens is 325 g/mol. The number of ether oxygens (including phenoxy) is 1. The van der Waals surface area contributed by atoms with Gasteiger partial charge in [0.25, 0.3) is 11.8 Å². The SMILES string of the molecule is NC(=O)c1ccsc1NC(=O)COC(=O)c1ccc(F)cc1N. The van der Waals surface area contributed by atoms with Gasteiger partial charge in [-0.1, -0.05) is 0 Å². The van der Waals surface area contributed by atoms with Gasteiger partial charge in [0.1, 0.15) is 10.8 Å². The van der Waals surface area contributed by atoms with Gasteiger partial charge in [-0.05, 0) is 29.6 Å². The Kier molecular flexibility index (Phi) is 4.91. The minimum Gasteiger partial charge on any atom is -0.452 e. The average Bonchev–Trinajstić information content (AvgIpc) is 2.93. The van der Waals surface area contributed by atoms with Crippen LogP contribution in [-0.4, -0.2) is 24.4 Å². The van der Waals surface area contributed by atoms with Crippen LogP contribution in [-0.2, 0) is 9.53 Å². The Bertz CT molecular complexity index is 775. The van der Waals surface area contributed by atoms with Crippen LogP contribution in [0.1, 0.15) is 20.7 Å². The molecule has 0 radical (unpaired) electrons. The van der Waals surface area contributed by atoms with E-state index in [1.165, 1.54) is 6.07 Å². The fraction of sp³-hybridized carbons (Fsp3) is 0.0714. The largest absolute Gasteiger partial charge is 0.452 e. The van der Waals surface area contributed by atoms with Gasteiger partial charge >= 0.3 is 5.97 Å². The summed E-state index contributed by atoms with van der Waals surface area (Å²) in [6.45, 7) is -0.592. The quantitative estimate of drug-likeness (QED) is 0.561. The molecule has 7 nitrogen and oxygen atoms in total. The number of nitrogen functional groups attached to an aromatic ring is 1. The molecule has 0 bridgehead atoms. The van der Waals surface area contributed by atoms with E-state index < -0.39 is 30.2 Å². The molecule has 0 saturated heterocycles. The monoisotopic (exact) mass is 337 g/mol. The van der Waals surface area contributed by atoms with Gasteiger partial charge in [-0.15, -0.1) is 11.3 Å². The van der Waals surface area contributed by atoms with Gasteiger partial charge in [0, 0.05) is 5.69 Å². The molecule has 0 aliphatic rings. The van der Waals surface area contributed by atoms with E-state index in [1.54, 1.807) is 5.38 Å². The molecule has 9 heteroatoms. The van der Waals surface area contributed by atoms with E-state index in [2.05, 4.69) is 5.32 Å². The molecule has 0 aliphatic carbocycles. The Morgan fingerprint density at radius 2 is 1.96 bits per heavy atom. The molecule has 0 fully saturated rings. The van der Waals surface area contributed by atoms with Crippen LogP contribution in [0.3, 0.4) is 0 Å². The standard InChI is InChI=1S/C14H12FN3O4S/c15-7-1-2-8(10(16)5-7)14(21)22-6-11(19)18-13-9(12(17)20)3-4-23-13/h1-5H,6,16H2,(H2,17,20)(H,18,19). The predicted molar refractivity (Wildman–Crippen MR) is 82.6 cm³/mol. The normalized spacial score (nSPS) is 10.1. The van der Waals surface area contributed by atoms with Crippen LogP contribution in [0.5, 0.6) is 0 Å². The summed E-state index contributed by atoms with van der Waals surface area (Å²) in [5.41, 5.74) is 10.7. The van der Waals surface area contributed by atoms with Crippen LogP contribution < -0.4 is 16.8 Å². The van der Waals surface area contributed by atoms with E-state index in [0.29, 0.717) is 0 Å². The molecule has 2 aromatic rings. The van der Waals surface area contributed by atoms with Gasteiger partial charge in [0.15, 0.2) is 6.61 Å². The number of thiophene rings is 1. The summed E-state index contributed by atoms with van der Waals surface area (Å²) < 4.78 is 17.7. The fourth-order valence-corrected chi connectivity index (χ4v) is 2.50. The Hall–Kier alpha value is -2.94. The Balaban J connectivity index is 1.95. The maximum Gasteiger partial charge on any atom is 0.340 e. The molecule has 0 spiro atoms. The minimum atomic E-state index is -0.862. The number of benzene rings is 1. The predicted octanol–water partition coefficient (Wildman–Crippen LogP) is 1.36. The van der Waals surface area contributed by atoms with Crippen LogP contribution in [0.4, 0.5) is 15.1 Å². The van der Waals surface area contributed by atoms with Gasteiger partial charge in [0.05, 0.1) is 11.1 Å². The summed E-state index contributed by atoms with van der Waals surface area (Å²) in [6, 6.07) is 4.66. The van der Waals surface area contributed by atoms with E-state index in [1.807, 2.05) is 0 Å². The third-order valence-electron chi connectivity index (χ3n) is 2.75. The van der Waals surface area contributed by atoms with Gasteiger partial charge in [0.2, 0.25) is 0 Å². The van der Waals surface area contributed by atoms with E-state index in [4.69, 9.17) is 16.2 Å². The van der Waals surface area contributed by atoms with Crippen molar-refractivity contribution in [2.75, 3.05) is 17.7 Å². The number of primary amides is 1. The van der Waals surface area contributed by atoms with Gasteiger partial charge in [-0.25, -0.2) is 9.18 Å². The van der Waals surface area contributed by atoms with Crippen molar-refractivity contribution in [3.8, 4) is 0 Å². The summed E-state index contributed by atoms with van der Waals surface area (Å²) in [6.07, 6.45) is 0. The van der Waals surface area contributed by atoms with Crippen molar-refractivity contribution < 1.29 is 23.5 Å². The highest BCUT2D eigenvalue weighted by atomic mass is 32.1. The molecule has 120 valence electrons. The molecule has 0 aliphatic heterocycles. The van der Waals surface area contributed by atoms with E-state index in [0.717, 1.165) is 29.5 Å². The maximum atomic E-state index is 12.9. The molecule has 23 heavy (non-hydrogen) atoms. The number of nitrogens with one attached hydrogen (secondary N) is 1. The third-order valence-corrected chi connectivity index (χ3v) is 3.58. The lowest BCUT2D eigenvalue weighted by molar-refractivity contribution is -0.119. The molecular formula is C14H12FN3O4S. The lowest BCUT2D eigenvalue weighted by atomic mass is 10.2. The van der Waals surface area contributed by atoms with E-state index in [-0.39, 0.29) is 21.8 Å². The number of hydrogen-bond donors (Lipinski definition) is 3. The van der Waals surface area contributed by atoms with Crippen LogP contribution in [0.15, 0.2) is 29.6 Å². The van der Waals surface area contributed by atoms with Crippen LogP contribution in [0, 0.1) is 5.82 Å². The van der Waals surface area contributed by atoms with Crippen molar-refractivity contribution in [1.29, 1.82) is 0 Å². The number of rotatable bonds is 5. The van der Waals surface area contributed by atoms with Crippen molar-refractivity contribution in [2.24, 2.45) is 5.73 Å². The maximum absolute atomic E-state index is 12.9. The molecule has 0 unspecified atom stereocenters. The molecule has 0 atom stereocenters. The second-order valence-corrected chi connectivity index (χ2v) is 5.30. The first-order chi connectivity index (χ1) is 10.9. The van der Waals surface area contributed by atoms with Gasteiger partial charge in [-0.2, -0.15) is 0 Å². The number of esters is 1. The molecule has 2 rings (SSSR count). The lowest BCUT2D eigenvalue weighted by Gasteiger charge is -2.07. The lowest BCUT2D eigenvalue weighted by Crippen LogP contribution is -2.22. The van der Waals surface area contributed by atoms with Crippen molar-refractivity contribution in [3.05, 3.63) is 46.6 Å². The zero-order chi connectivity index (χ0) is 17.0. The van der Waals surface area contributed by atoms with Crippen molar-refractivity contribution >= 4 is 39.8 Å². The molecule has 5 N–H and O–H groups in total. The van der Waals surface area contributed by atoms with Gasteiger partial charge < -0.3 is 21.5 Å². The van der Waals surface area contributed by atoms with Crippen LogP contribution >= 0.6 is 11.3 Å². The summed E-state index contributed by atoms with van der Waals surface area (Å²) >= 11 is 1.11. The Morgan fingerprint density at radius 3 is 2.61 bits per heavy atom. The highest BCUT2D eigenvalue weighted by Gasteiger charge is 2.16. The second-order valence-electron chi connectivity index (χ2n) is 4.38. The van der Waals surface area contributed by atoms with E-state index in [9.17, 15) is 18.8 Å². The number of nitrogens with two attached hydrogens (primary N) is 2. The smallest absolute Gasteiger partial charge is 0.340 e. The van der Waals surface area contributed by atoms with Crippen molar-refractivity contribution in [3.63, 3.8) is 0 Å². The average molecular weight is 337 g/mol. The second kappa shape index (κ2) is 6.88. The summed E-state index contributed by atoms with van der Waals surface area (Å²) in [5.74, 6) is -2.78. The number of amides is 2. The summed E-state index contributed by atoms with van der Waals surface area (Å²) in [7, 11) is 0. The minimum absolute atomic E-state index is 0.0480. The fourth-order valence-electron chi connectivity index (χ4n) is 1.69. The highest BCUT2D eigenvalue weighted by Crippen LogP contribution is 2.22. The third kappa shape index (κ3) is 4.04. The zero-order valence-corrected chi connectivity index (χ0v) is 12.5. The number of hydrogen-bond acceptors (Lipinski definition) is 6. The van der Waals surface area contributed by atoms with Crippen LogP contribution in [0.2, 0.25) is 0 Å². The molecule has 1 aromatic heterocycles. The molecule has 1 heterocycles. The number of carbonyl (C=O) groups is 3. The number of halogens is 1. The number of anilines is 2. The van der Waals surface area contributed by atoms with E-state index >= 15 is 0 Å². The first-order valence-corrected chi connectivity index (χ1v) is 7.15. The number of carbonyl (C=O) groups excluding carboxylic acids is 3. The Morgan fingerprint density at radius 1 is 1.22 bits per heavy atom. The Labute approximate surface area is 134 Å². The van der Waals surface area contributed by atoms with Crippen molar-refractivity contribution in [1.82, 2.24) is 0 Å². The molecule has 1 aromatic carbocycles. The van der Waals surface area contributed by atoms with Crippen molar-refractivity contribution in [2.45, 2.75) is 0 Å². The first-order valence-electron chi connectivity index (χ1n) is 6.27. The zero-order valence-electron chi connectivity index (χ0n) is 11.7. The van der Waals surface area contributed by atoms with Crippen LogP contribution in [0.25, 0.3) is 0 Å². The summed E-state index contributed by atoms with van der Waals surface area (Å²) in [4.78, 5) is 34.6. The van der Waals surface area contributed by atoms with Gasteiger partial charge in [-0.3, -0.25) is 9.59 Å². The summed E-state index contributed by atoms with van der Waals surface area (Å²) in [5, 5.41) is 4.26. The molecule has 2 amide bonds.